The first-order chi connectivity index (χ1) is 19.7. The second kappa shape index (κ2) is 16.1. The zero-order valence-electron chi connectivity index (χ0n) is 28.1. The fourth-order valence-corrected chi connectivity index (χ4v) is 53.6. The number of rotatable bonds is 19. The lowest BCUT2D eigenvalue weighted by Crippen LogP contribution is -2.63. The largest absolute Gasteiger partial charge is 0.462 e. The first-order valence-electron chi connectivity index (χ1n) is 15.3. The van der Waals surface area contributed by atoms with Gasteiger partial charge in [-0.05, 0) is 6.42 Å². The molecule has 0 spiro atoms. The molecule has 0 aromatic rings. The van der Waals surface area contributed by atoms with E-state index in [0.717, 1.165) is 5.67 Å². The highest BCUT2D eigenvalue weighted by Crippen LogP contribution is 2.51. The summed E-state index contributed by atoms with van der Waals surface area (Å²) >= 11 is 0. The van der Waals surface area contributed by atoms with Gasteiger partial charge in [-0.25, -0.2) is 0 Å². The Bertz CT molecular complexity index is 941. The summed E-state index contributed by atoms with van der Waals surface area (Å²) < 4.78 is 147. The first kappa shape index (κ1) is 45.0. The van der Waals surface area contributed by atoms with Crippen molar-refractivity contribution < 1.29 is 57.8 Å². The molecule has 0 bridgehead atoms. The molecule has 0 saturated carbocycles. The van der Waals surface area contributed by atoms with Gasteiger partial charge in [-0.2, -0.15) is 48.3 Å². The van der Waals surface area contributed by atoms with Gasteiger partial charge in [0.15, 0.2) is 0 Å². The van der Waals surface area contributed by atoms with E-state index >= 15 is 0 Å². The Morgan fingerprint density at radius 3 is 1.42 bits per heavy atom. The van der Waals surface area contributed by atoms with Gasteiger partial charge in [0.05, 0.1) is 0 Å². The van der Waals surface area contributed by atoms with Crippen molar-refractivity contribution >= 4 is 56.5 Å². The van der Waals surface area contributed by atoms with Crippen molar-refractivity contribution in [3.8, 4) is 0 Å². The zero-order chi connectivity index (χ0) is 36.1. The number of halogens is 11. The minimum absolute atomic E-state index is 0.0436. The molecule has 2 unspecified atom stereocenters. The van der Waals surface area contributed by atoms with Crippen LogP contribution in [-0.4, -0.2) is 93.3 Å². The number of nitrogens with one attached hydrogen (secondary N) is 1. The van der Waals surface area contributed by atoms with Crippen LogP contribution in [0.25, 0.3) is 0 Å². The third kappa shape index (κ3) is 13.8. The SMILES string of the molecule is C[SiH](C)C[Si](C)(CC[Si](C)(C[SiH](C)C)C[Si](C)(C)CCCNC(=O)C(F)(OC(F)(F)C(F)(F)C(F)(F)F)C(F)(F)F)C[SiH](C)C. The van der Waals surface area contributed by atoms with Crippen LogP contribution < -0.4 is 5.32 Å². The molecule has 0 aliphatic heterocycles. The fourth-order valence-electron chi connectivity index (χ4n) is 6.88. The molecule has 1 N–H and O–H groups in total. The lowest BCUT2D eigenvalue weighted by molar-refractivity contribution is -0.472. The van der Waals surface area contributed by atoms with Crippen LogP contribution in [0.1, 0.15) is 6.42 Å². The van der Waals surface area contributed by atoms with Crippen molar-refractivity contribution in [1.82, 2.24) is 5.32 Å². The summed E-state index contributed by atoms with van der Waals surface area (Å²) in [7, 11) is -7.58. The Kier molecular flexibility index (Phi) is 16.1. The van der Waals surface area contributed by atoms with E-state index in [1.807, 2.05) is 0 Å². The molecule has 270 valence electrons. The second-order valence-corrected chi connectivity index (χ2v) is 43.1. The van der Waals surface area contributed by atoms with E-state index in [4.69, 9.17) is 0 Å². The van der Waals surface area contributed by atoms with E-state index in [2.05, 4.69) is 70.2 Å². The number of ether oxygens (including phenoxy) is 1. The molecule has 0 radical (unpaired) electrons. The van der Waals surface area contributed by atoms with Crippen LogP contribution in [0.2, 0.25) is 106 Å². The van der Waals surface area contributed by atoms with Crippen molar-refractivity contribution in [3.05, 3.63) is 0 Å². The number of amides is 1. The maximum Gasteiger partial charge on any atom is 0.462 e. The predicted octanol–water partition coefficient (Wildman–Crippen LogP) is 9.01. The third-order valence-electron chi connectivity index (χ3n) is 7.90. The lowest BCUT2D eigenvalue weighted by Gasteiger charge is -2.40. The van der Waals surface area contributed by atoms with E-state index in [1.54, 1.807) is 0 Å². The standard InChI is InChI=1S/C25H52F11NO2Si6/c1-40(2)16-44(9,17-41(3)4)14-15-45(10,18-42(5)6)19-43(7,8)13-11-12-37-20(38)21(26,23(29,30)31)39-25(35,36)22(27,28)24(32,33)34/h40-42H,11-19H2,1-10H3,(H,37,38). The minimum Gasteiger partial charge on any atom is -0.351 e. The molecule has 0 saturated heterocycles. The third-order valence-corrected chi connectivity index (χ3v) is 41.9. The summed E-state index contributed by atoms with van der Waals surface area (Å²) in [5.74, 6) is -16.3. The molecule has 45 heavy (non-hydrogen) atoms. The molecule has 0 aromatic heterocycles. The summed E-state index contributed by atoms with van der Waals surface area (Å²) in [6, 6.07) is 3.01. The fraction of sp³-hybridized carbons (Fsp3) is 0.960. The van der Waals surface area contributed by atoms with Crippen molar-refractivity contribution in [1.29, 1.82) is 0 Å². The van der Waals surface area contributed by atoms with Gasteiger partial charge in [0, 0.05) is 57.2 Å². The molecule has 2 atom stereocenters. The highest BCUT2D eigenvalue weighted by atomic mass is 28.4. The molecule has 0 aliphatic carbocycles. The number of hydrogen-bond donors (Lipinski definition) is 1. The van der Waals surface area contributed by atoms with E-state index in [0.29, 0.717) is 6.04 Å². The Hall–Kier alpha value is -0.0387. The van der Waals surface area contributed by atoms with Gasteiger partial charge in [-0.15, -0.1) is 0 Å². The monoisotopic (exact) mass is 775 g/mol. The molecular weight excluding hydrogens is 724 g/mol. The zero-order valence-corrected chi connectivity index (χ0v) is 34.5. The summed E-state index contributed by atoms with van der Waals surface area (Å²) in [6.07, 6.45) is -20.8. The van der Waals surface area contributed by atoms with Gasteiger partial charge >= 0.3 is 30.2 Å². The van der Waals surface area contributed by atoms with Gasteiger partial charge in [0.2, 0.25) is 0 Å². The summed E-state index contributed by atoms with van der Waals surface area (Å²) in [4.78, 5) is 12.0. The Morgan fingerprint density at radius 1 is 0.644 bits per heavy atom. The first-order valence-corrected chi connectivity index (χ1v) is 34.3. The Labute approximate surface area is 268 Å². The number of hydrogen-bond acceptors (Lipinski definition) is 2. The van der Waals surface area contributed by atoms with Crippen LogP contribution in [0.5, 0.6) is 0 Å². The highest BCUT2D eigenvalue weighted by Gasteiger charge is 2.79. The smallest absolute Gasteiger partial charge is 0.351 e. The maximum atomic E-state index is 14.5. The summed E-state index contributed by atoms with van der Waals surface area (Å²) in [5, 5.41) is 1.43. The molecule has 0 rings (SSSR count). The highest BCUT2D eigenvalue weighted by molar-refractivity contribution is 7.01. The van der Waals surface area contributed by atoms with E-state index in [-0.39, 0.29) is 6.42 Å². The van der Waals surface area contributed by atoms with Gasteiger partial charge in [-0.3, -0.25) is 9.53 Å². The van der Waals surface area contributed by atoms with Crippen molar-refractivity contribution in [2.45, 2.75) is 143 Å². The van der Waals surface area contributed by atoms with Crippen LogP contribution in [0, 0.1) is 0 Å². The predicted molar refractivity (Wildman–Crippen MR) is 176 cm³/mol. The van der Waals surface area contributed by atoms with Gasteiger partial charge < -0.3 is 5.32 Å². The molecule has 20 heteroatoms. The Morgan fingerprint density at radius 2 is 1.04 bits per heavy atom. The molecule has 3 nitrogen and oxygen atoms in total. The summed E-state index contributed by atoms with van der Waals surface area (Å²) in [5.41, 5.74) is 5.12. The number of carbonyl (C=O) groups is 1. The molecule has 1 amide bonds. The van der Waals surface area contributed by atoms with Crippen molar-refractivity contribution in [3.63, 3.8) is 0 Å². The van der Waals surface area contributed by atoms with Gasteiger partial charge in [0.1, 0.15) is 0 Å². The minimum atomic E-state index is -7.21. The van der Waals surface area contributed by atoms with Crippen LogP contribution in [0.15, 0.2) is 0 Å². The van der Waals surface area contributed by atoms with Crippen molar-refractivity contribution in [2.24, 2.45) is 0 Å². The average molecular weight is 776 g/mol. The quantitative estimate of drug-likeness (QED) is 0.0809. The number of carbonyl (C=O) groups excluding carboxylic acids is 1. The topological polar surface area (TPSA) is 38.3 Å². The Balaban J connectivity index is 5.67. The van der Waals surface area contributed by atoms with Crippen LogP contribution in [0.4, 0.5) is 48.3 Å². The van der Waals surface area contributed by atoms with Crippen LogP contribution in [0.3, 0.4) is 0 Å². The second-order valence-electron chi connectivity index (χ2n) is 15.4. The molecule has 0 aliphatic rings. The lowest BCUT2D eigenvalue weighted by atomic mass is 10.2. The molecule has 0 fully saturated rings. The molecule has 0 aromatic carbocycles. The molecule has 0 heterocycles. The van der Waals surface area contributed by atoms with Crippen molar-refractivity contribution in [2.75, 3.05) is 6.54 Å². The summed E-state index contributed by atoms with van der Waals surface area (Å²) in [6.45, 7) is 22.8. The van der Waals surface area contributed by atoms with Crippen LogP contribution >= 0.6 is 0 Å². The van der Waals surface area contributed by atoms with Crippen LogP contribution in [-0.2, 0) is 9.53 Å². The van der Waals surface area contributed by atoms with Gasteiger partial charge in [-0.1, -0.05) is 106 Å². The average Bonchev–Trinajstić information content (AvgIpc) is 2.76. The van der Waals surface area contributed by atoms with E-state index in [1.165, 1.54) is 34.4 Å². The number of alkyl halides is 11. The van der Waals surface area contributed by atoms with Gasteiger partial charge in [0.25, 0.3) is 5.91 Å². The van der Waals surface area contributed by atoms with E-state index < -0.39 is 93.3 Å². The van der Waals surface area contributed by atoms with E-state index in [9.17, 15) is 53.1 Å². The normalized spacial score (nSPS) is 17.2. The maximum absolute atomic E-state index is 14.5. The molecular formula is C25H52F11NO2Si6.